The third-order valence-electron chi connectivity index (χ3n) is 3.59. The number of hydrogen-bond acceptors (Lipinski definition) is 3. The quantitative estimate of drug-likeness (QED) is 0.647. The van der Waals surface area contributed by atoms with Gasteiger partial charge in [-0.3, -0.25) is 0 Å². The van der Waals surface area contributed by atoms with Crippen LogP contribution in [0.25, 0.3) is 0 Å². The van der Waals surface area contributed by atoms with Gasteiger partial charge < -0.3 is 5.32 Å². The average Bonchev–Trinajstić information content (AvgIpc) is 2.47. The molecule has 1 aromatic rings. The normalized spacial score (nSPS) is 13.1. The number of anilines is 1. The van der Waals surface area contributed by atoms with Gasteiger partial charge in [0.15, 0.2) is 0 Å². The van der Waals surface area contributed by atoms with Crippen LogP contribution in [-0.2, 0) is 10.0 Å². The van der Waals surface area contributed by atoms with Gasteiger partial charge in [-0.2, -0.15) is 0 Å². The van der Waals surface area contributed by atoms with E-state index in [1.165, 1.54) is 39.2 Å². The zero-order valence-electron chi connectivity index (χ0n) is 13.4. The summed E-state index contributed by atoms with van der Waals surface area (Å²) in [5.74, 6) is 0. The van der Waals surface area contributed by atoms with E-state index in [4.69, 9.17) is 0 Å². The van der Waals surface area contributed by atoms with E-state index in [1.54, 1.807) is 12.1 Å². The summed E-state index contributed by atoms with van der Waals surface area (Å²) in [4.78, 5) is 0.294. The molecule has 0 aliphatic heterocycles. The molecule has 0 spiro atoms. The fourth-order valence-corrected chi connectivity index (χ4v) is 2.99. The Morgan fingerprint density at radius 1 is 1.05 bits per heavy atom. The van der Waals surface area contributed by atoms with Crippen molar-refractivity contribution in [2.24, 2.45) is 0 Å². The van der Waals surface area contributed by atoms with E-state index in [9.17, 15) is 8.42 Å². The molecule has 0 saturated heterocycles. The Kier molecular flexibility index (Phi) is 7.75. The van der Waals surface area contributed by atoms with E-state index in [0.717, 1.165) is 12.1 Å². The number of hydrogen-bond donors (Lipinski definition) is 2. The van der Waals surface area contributed by atoms with Crippen molar-refractivity contribution in [1.29, 1.82) is 0 Å². The van der Waals surface area contributed by atoms with Crippen molar-refractivity contribution >= 4 is 15.7 Å². The summed E-state index contributed by atoms with van der Waals surface area (Å²) in [5, 5.41) is 3.41. The van der Waals surface area contributed by atoms with Crippen molar-refractivity contribution in [2.45, 2.75) is 63.3 Å². The molecule has 2 N–H and O–H groups in total. The van der Waals surface area contributed by atoms with E-state index in [1.807, 2.05) is 12.1 Å². The van der Waals surface area contributed by atoms with Crippen LogP contribution in [0.4, 0.5) is 5.69 Å². The van der Waals surface area contributed by atoms with Gasteiger partial charge in [0.2, 0.25) is 10.0 Å². The second-order valence-electron chi connectivity index (χ2n) is 5.48. The molecular weight excluding hydrogens is 284 g/mol. The second kappa shape index (κ2) is 9.05. The first-order valence-corrected chi connectivity index (χ1v) is 9.28. The molecule has 0 radical (unpaired) electrons. The van der Waals surface area contributed by atoms with Crippen molar-refractivity contribution in [3.8, 4) is 0 Å². The van der Waals surface area contributed by atoms with Crippen LogP contribution in [0.2, 0.25) is 0 Å². The molecule has 1 atom stereocenters. The van der Waals surface area contributed by atoms with Crippen LogP contribution in [0.3, 0.4) is 0 Å². The minimum atomic E-state index is -3.34. The highest BCUT2D eigenvalue weighted by Crippen LogP contribution is 2.16. The Morgan fingerprint density at radius 3 is 2.24 bits per heavy atom. The highest BCUT2D eigenvalue weighted by molar-refractivity contribution is 7.89. The molecule has 0 amide bonds. The van der Waals surface area contributed by atoms with Crippen LogP contribution in [-0.4, -0.2) is 21.5 Å². The van der Waals surface area contributed by atoms with Crippen molar-refractivity contribution < 1.29 is 8.42 Å². The molecule has 1 aromatic carbocycles. The van der Waals surface area contributed by atoms with E-state index < -0.39 is 10.0 Å². The van der Waals surface area contributed by atoms with Crippen molar-refractivity contribution in [3.05, 3.63) is 24.3 Å². The standard InChI is InChI=1S/C16H28N2O2S/c1-4-5-6-7-8-9-14(2)18-15-10-12-16(13-11-15)21(19,20)17-3/h10-14,17-18H,4-9H2,1-3H3. The Bertz CT molecular complexity index is 498. The third-order valence-corrected chi connectivity index (χ3v) is 5.02. The molecule has 21 heavy (non-hydrogen) atoms. The molecule has 0 aliphatic rings. The van der Waals surface area contributed by atoms with E-state index in [2.05, 4.69) is 23.9 Å². The van der Waals surface area contributed by atoms with Crippen LogP contribution >= 0.6 is 0 Å². The fourth-order valence-electron chi connectivity index (χ4n) is 2.26. The monoisotopic (exact) mass is 312 g/mol. The Balaban J connectivity index is 2.41. The van der Waals surface area contributed by atoms with Crippen LogP contribution in [0, 0.1) is 0 Å². The molecule has 1 unspecified atom stereocenters. The van der Waals surface area contributed by atoms with Crippen LogP contribution < -0.4 is 10.0 Å². The maximum absolute atomic E-state index is 11.6. The smallest absolute Gasteiger partial charge is 0.240 e. The molecular formula is C16H28N2O2S. The summed E-state index contributed by atoms with van der Waals surface area (Å²) in [5.41, 5.74) is 0.964. The van der Waals surface area contributed by atoms with Gasteiger partial charge in [0, 0.05) is 11.7 Å². The number of sulfonamides is 1. The average molecular weight is 312 g/mol. The summed E-state index contributed by atoms with van der Waals surface area (Å²) in [6.45, 7) is 4.39. The summed E-state index contributed by atoms with van der Waals surface area (Å²) in [7, 11) is -1.93. The van der Waals surface area contributed by atoms with Gasteiger partial charge in [-0.05, 0) is 44.7 Å². The van der Waals surface area contributed by atoms with Crippen molar-refractivity contribution in [2.75, 3.05) is 12.4 Å². The predicted octanol–water partition coefficient (Wildman–Crippen LogP) is 3.76. The van der Waals surface area contributed by atoms with Crippen LogP contribution in [0.15, 0.2) is 29.2 Å². The van der Waals surface area contributed by atoms with Gasteiger partial charge in [-0.25, -0.2) is 13.1 Å². The minimum absolute atomic E-state index is 0.294. The van der Waals surface area contributed by atoms with Crippen LogP contribution in [0.1, 0.15) is 52.4 Å². The lowest BCUT2D eigenvalue weighted by Gasteiger charge is -2.15. The zero-order valence-corrected chi connectivity index (χ0v) is 14.2. The van der Waals surface area contributed by atoms with Gasteiger partial charge in [0.1, 0.15) is 0 Å². The second-order valence-corrected chi connectivity index (χ2v) is 7.37. The topological polar surface area (TPSA) is 58.2 Å². The highest BCUT2D eigenvalue weighted by atomic mass is 32.2. The first-order chi connectivity index (χ1) is 9.99. The number of benzene rings is 1. The molecule has 0 saturated carbocycles. The van der Waals surface area contributed by atoms with E-state index >= 15 is 0 Å². The maximum Gasteiger partial charge on any atom is 0.240 e. The fraction of sp³-hybridized carbons (Fsp3) is 0.625. The molecule has 0 aliphatic carbocycles. The SMILES string of the molecule is CCCCCCCC(C)Nc1ccc(S(=O)(=O)NC)cc1. The minimum Gasteiger partial charge on any atom is -0.383 e. The molecule has 0 bridgehead atoms. The molecule has 0 aromatic heterocycles. The van der Waals surface area contributed by atoms with Gasteiger partial charge in [-0.15, -0.1) is 0 Å². The van der Waals surface area contributed by atoms with Gasteiger partial charge >= 0.3 is 0 Å². The highest BCUT2D eigenvalue weighted by Gasteiger charge is 2.10. The summed E-state index contributed by atoms with van der Waals surface area (Å²) in [6, 6.07) is 7.29. The van der Waals surface area contributed by atoms with Crippen molar-refractivity contribution in [3.63, 3.8) is 0 Å². The van der Waals surface area contributed by atoms with Crippen LogP contribution in [0.5, 0.6) is 0 Å². The Morgan fingerprint density at radius 2 is 1.67 bits per heavy atom. The molecule has 4 nitrogen and oxygen atoms in total. The van der Waals surface area contributed by atoms with Gasteiger partial charge in [-0.1, -0.05) is 39.0 Å². The lowest BCUT2D eigenvalue weighted by Crippen LogP contribution is -2.19. The van der Waals surface area contributed by atoms with E-state index in [0.29, 0.717) is 10.9 Å². The van der Waals surface area contributed by atoms with Gasteiger partial charge in [0.25, 0.3) is 0 Å². The molecule has 120 valence electrons. The molecule has 0 heterocycles. The van der Waals surface area contributed by atoms with Crippen molar-refractivity contribution in [1.82, 2.24) is 4.72 Å². The molecule has 0 fully saturated rings. The summed E-state index contributed by atoms with van der Waals surface area (Å²) < 4.78 is 25.6. The number of nitrogens with one attached hydrogen (secondary N) is 2. The number of unbranched alkanes of at least 4 members (excludes halogenated alkanes) is 4. The van der Waals surface area contributed by atoms with E-state index in [-0.39, 0.29) is 0 Å². The molecule has 5 heteroatoms. The Hall–Kier alpha value is -1.07. The predicted molar refractivity (Wildman–Crippen MR) is 89.1 cm³/mol. The summed E-state index contributed by atoms with van der Waals surface area (Å²) in [6.07, 6.45) is 7.58. The lowest BCUT2D eigenvalue weighted by molar-refractivity contribution is 0.578. The lowest BCUT2D eigenvalue weighted by atomic mass is 10.1. The molecule has 1 rings (SSSR count). The maximum atomic E-state index is 11.6. The largest absolute Gasteiger partial charge is 0.383 e. The Labute approximate surface area is 129 Å². The summed E-state index contributed by atoms with van der Waals surface area (Å²) >= 11 is 0. The zero-order chi connectivity index (χ0) is 15.7. The number of rotatable bonds is 10. The first kappa shape index (κ1) is 18.0. The van der Waals surface area contributed by atoms with Gasteiger partial charge in [0.05, 0.1) is 4.90 Å². The first-order valence-electron chi connectivity index (χ1n) is 7.79. The third kappa shape index (κ3) is 6.48.